The van der Waals surface area contributed by atoms with Crippen LogP contribution in [0.15, 0.2) is 29.1 Å². The smallest absolute Gasteiger partial charge is 0.352 e. The van der Waals surface area contributed by atoms with Crippen molar-refractivity contribution in [2.45, 2.75) is 0 Å². The van der Waals surface area contributed by atoms with E-state index in [1.165, 1.54) is 17.4 Å². The first-order valence-electron chi connectivity index (χ1n) is 3.82. The second-order valence-corrected chi connectivity index (χ2v) is 3.92. The first-order valence-corrected chi connectivity index (χ1v) is 5.14. The number of aromatic carboxylic acids is 1. The van der Waals surface area contributed by atoms with E-state index >= 15 is 0 Å². The average Bonchev–Trinajstić information content (AvgIpc) is 2.70. The fourth-order valence-electron chi connectivity index (χ4n) is 1.20. The molecule has 0 aliphatic rings. The average molecular weight is 228 g/mol. The van der Waals surface area contributed by atoms with E-state index < -0.39 is 5.97 Å². The number of halogens is 1. The van der Waals surface area contributed by atoms with Gasteiger partial charge in [0.15, 0.2) is 0 Å². The summed E-state index contributed by atoms with van der Waals surface area (Å²) in [6.07, 6.45) is 1.59. The molecule has 0 aliphatic carbocycles. The highest BCUT2D eigenvalue weighted by Crippen LogP contribution is 2.20. The summed E-state index contributed by atoms with van der Waals surface area (Å²) in [6.45, 7) is 0. The molecule has 0 unspecified atom stereocenters. The lowest BCUT2D eigenvalue weighted by atomic mass is 10.4. The maximum atomic E-state index is 10.9. The second-order valence-electron chi connectivity index (χ2n) is 2.70. The van der Waals surface area contributed by atoms with Crippen LogP contribution in [0.1, 0.15) is 10.5 Å². The molecule has 0 saturated heterocycles. The van der Waals surface area contributed by atoms with Gasteiger partial charge in [0.05, 0.1) is 10.7 Å². The molecule has 5 heteroatoms. The molecule has 0 spiro atoms. The highest BCUT2D eigenvalue weighted by atomic mass is 35.5. The summed E-state index contributed by atoms with van der Waals surface area (Å²) < 4.78 is 1.56. The van der Waals surface area contributed by atoms with Crippen LogP contribution in [0.4, 0.5) is 0 Å². The second kappa shape index (κ2) is 3.48. The van der Waals surface area contributed by atoms with Crippen molar-refractivity contribution in [2.75, 3.05) is 0 Å². The predicted octanol–water partition coefficient (Wildman–Crippen LogP) is 2.89. The number of hydrogen-bond donors (Lipinski definition) is 1. The van der Waals surface area contributed by atoms with E-state index in [-0.39, 0.29) is 5.69 Å². The molecule has 2 aromatic rings. The Balaban J connectivity index is 2.58. The Morgan fingerprint density at radius 3 is 2.93 bits per heavy atom. The Kier molecular flexibility index (Phi) is 2.31. The predicted molar refractivity (Wildman–Crippen MR) is 55.6 cm³/mol. The van der Waals surface area contributed by atoms with Gasteiger partial charge in [0.1, 0.15) is 5.69 Å². The standard InChI is InChI=1S/C9H6ClNO2S/c10-6-3-8(9(12)13)11(4-6)7-1-2-14-5-7/h1-5H,(H,12,13). The van der Waals surface area contributed by atoms with Crippen molar-refractivity contribution in [3.63, 3.8) is 0 Å². The maximum Gasteiger partial charge on any atom is 0.352 e. The van der Waals surface area contributed by atoms with Crippen molar-refractivity contribution < 1.29 is 9.90 Å². The Labute approximate surface area is 89.2 Å². The quantitative estimate of drug-likeness (QED) is 0.857. The number of aromatic nitrogens is 1. The molecule has 0 saturated carbocycles. The number of carboxylic acid groups (broad SMARTS) is 1. The van der Waals surface area contributed by atoms with Crippen molar-refractivity contribution in [3.8, 4) is 5.69 Å². The van der Waals surface area contributed by atoms with Crippen molar-refractivity contribution in [2.24, 2.45) is 0 Å². The van der Waals surface area contributed by atoms with Gasteiger partial charge in [0.2, 0.25) is 0 Å². The van der Waals surface area contributed by atoms with E-state index in [2.05, 4.69) is 0 Å². The topological polar surface area (TPSA) is 42.2 Å². The Hall–Kier alpha value is -1.26. The molecule has 1 N–H and O–H groups in total. The minimum absolute atomic E-state index is 0.174. The van der Waals surface area contributed by atoms with Gasteiger partial charge in [-0.05, 0) is 17.5 Å². The zero-order valence-corrected chi connectivity index (χ0v) is 8.55. The first-order chi connectivity index (χ1) is 6.68. The molecule has 2 rings (SSSR count). The van der Waals surface area contributed by atoms with Crippen LogP contribution in [0.25, 0.3) is 5.69 Å². The molecule has 0 aliphatic heterocycles. The maximum absolute atomic E-state index is 10.9. The molecule has 0 radical (unpaired) electrons. The Bertz CT molecular complexity index is 461. The summed E-state index contributed by atoms with van der Waals surface area (Å²) in [5.74, 6) is -0.983. The van der Waals surface area contributed by atoms with Crippen LogP contribution in [-0.2, 0) is 0 Å². The molecule has 0 atom stereocenters. The van der Waals surface area contributed by atoms with E-state index in [0.29, 0.717) is 5.02 Å². The lowest BCUT2D eigenvalue weighted by Gasteiger charge is -2.01. The highest BCUT2D eigenvalue weighted by molar-refractivity contribution is 7.08. The summed E-state index contributed by atoms with van der Waals surface area (Å²) >= 11 is 7.25. The van der Waals surface area contributed by atoms with Gasteiger partial charge < -0.3 is 9.67 Å². The Morgan fingerprint density at radius 2 is 2.36 bits per heavy atom. The number of carbonyl (C=O) groups is 1. The van der Waals surface area contributed by atoms with Gasteiger partial charge in [-0.15, -0.1) is 0 Å². The first kappa shape index (κ1) is 9.30. The molecule has 3 nitrogen and oxygen atoms in total. The van der Waals surface area contributed by atoms with Gasteiger partial charge in [-0.3, -0.25) is 0 Å². The van der Waals surface area contributed by atoms with Crippen LogP contribution in [0, 0.1) is 0 Å². The summed E-state index contributed by atoms with van der Waals surface area (Å²) in [4.78, 5) is 10.9. The minimum Gasteiger partial charge on any atom is -0.477 e. The molecule has 2 aromatic heterocycles. The van der Waals surface area contributed by atoms with Crippen LogP contribution >= 0.6 is 22.9 Å². The number of rotatable bonds is 2. The number of carboxylic acids is 1. The molecule has 14 heavy (non-hydrogen) atoms. The van der Waals surface area contributed by atoms with Gasteiger partial charge in [-0.1, -0.05) is 11.6 Å². The monoisotopic (exact) mass is 227 g/mol. The lowest BCUT2D eigenvalue weighted by molar-refractivity contribution is 0.0688. The molecule has 0 bridgehead atoms. The van der Waals surface area contributed by atoms with E-state index in [4.69, 9.17) is 16.7 Å². The summed E-state index contributed by atoms with van der Waals surface area (Å²) in [5.41, 5.74) is 0.993. The van der Waals surface area contributed by atoms with Gasteiger partial charge in [-0.25, -0.2) is 4.79 Å². The van der Waals surface area contributed by atoms with Crippen LogP contribution in [0.3, 0.4) is 0 Å². The summed E-state index contributed by atoms with van der Waals surface area (Å²) in [7, 11) is 0. The van der Waals surface area contributed by atoms with Crippen LogP contribution in [0.2, 0.25) is 5.02 Å². The van der Waals surface area contributed by atoms with E-state index in [0.717, 1.165) is 5.69 Å². The van der Waals surface area contributed by atoms with Crippen molar-refractivity contribution in [1.82, 2.24) is 4.57 Å². The van der Waals surface area contributed by atoms with Crippen LogP contribution in [0.5, 0.6) is 0 Å². The third-order valence-corrected chi connectivity index (χ3v) is 2.67. The van der Waals surface area contributed by atoms with E-state index in [1.807, 2.05) is 16.8 Å². The lowest BCUT2D eigenvalue weighted by Crippen LogP contribution is -2.04. The third kappa shape index (κ3) is 1.54. The van der Waals surface area contributed by atoms with E-state index in [1.54, 1.807) is 10.8 Å². The van der Waals surface area contributed by atoms with Gasteiger partial charge in [0.25, 0.3) is 0 Å². The normalized spacial score (nSPS) is 10.4. The fourth-order valence-corrected chi connectivity index (χ4v) is 2.03. The Morgan fingerprint density at radius 1 is 1.57 bits per heavy atom. The number of hydrogen-bond acceptors (Lipinski definition) is 2. The summed E-state index contributed by atoms with van der Waals surface area (Å²) in [6, 6.07) is 3.27. The van der Waals surface area contributed by atoms with Gasteiger partial charge >= 0.3 is 5.97 Å². The molecule has 72 valence electrons. The zero-order chi connectivity index (χ0) is 10.1. The molecule has 0 aromatic carbocycles. The number of thiophene rings is 1. The molecular weight excluding hydrogens is 222 g/mol. The molecule has 0 fully saturated rings. The molecule has 0 amide bonds. The SMILES string of the molecule is O=C(O)c1cc(Cl)cn1-c1ccsc1. The van der Waals surface area contributed by atoms with E-state index in [9.17, 15) is 4.79 Å². The minimum atomic E-state index is -0.983. The fraction of sp³-hybridized carbons (Fsp3) is 0. The summed E-state index contributed by atoms with van der Waals surface area (Å²) in [5, 5.41) is 13.1. The van der Waals surface area contributed by atoms with Crippen molar-refractivity contribution in [1.29, 1.82) is 0 Å². The zero-order valence-electron chi connectivity index (χ0n) is 6.98. The molecular formula is C9H6ClNO2S. The third-order valence-electron chi connectivity index (χ3n) is 1.79. The highest BCUT2D eigenvalue weighted by Gasteiger charge is 2.12. The van der Waals surface area contributed by atoms with Crippen molar-refractivity contribution in [3.05, 3.63) is 39.8 Å². The van der Waals surface area contributed by atoms with Crippen LogP contribution in [-0.4, -0.2) is 15.6 Å². The van der Waals surface area contributed by atoms with Gasteiger partial charge in [0, 0.05) is 11.6 Å². The largest absolute Gasteiger partial charge is 0.477 e. The number of nitrogens with zero attached hydrogens (tertiary/aromatic N) is 1. The van der Waals surface area contributed by atoms with Crippen LogP contribution < -0.4 is 0 Å². The van der Waals surface area contributed by atoms with Crippen molar-refractivity contribution >= 4 is 28.9 Å². The molecule has 2 heterocycles. The van der Waals surface area contributed by atoms with Gasteiger partial charge in [-0.2, -0.15) is 11.3 Å².